The lowest BCUT2D eigenvalue weighted by atomic mass is 9.87. The molecule has 0 unspecified atom stereocenters. The second-order valence-electron chi connectivity index (χ2n) is 13.1. The Hall–Kier alpha value is -4.14. The van der Waals surface area contributed by atoms with Crippen LogP contribution in [-0.2, 0) is 16.7 Å². The molecule has 4 atom stereocenters. The number of aliphatic hydroxyl groups excluding tert-OH is 2. The standard InChI is InChI=1S/C35H47N7O6.ClH/c1-35(2,3)23-9-11-24(12-10-23)40-34(45)36-15-7-16-41(4)20-28-29(43)30(44)33(48-28)42-17-14-26-31(38-21-39-32(26)42)37-19-22-8-13-25(46-5)18-27(22)47-6;/h8-14,17-18,21,28-30,33,43-44H,7,15-16,19-20H2,1-6H3,(H2,36,40,45)(H,37,38,39);1H/t28-,29+,30-,33-;/m1./s1. The number of methoxy groups -OCH3 is 2. The summed E-state index contributed by atoms with van der Waals surface area (Å²) >= 11 is 0. The number of benzene rings is 2. The van der Waals surface area contributed by atoms with Crippen molar-refractivity contribution in [1.82, 2.24) is 24.8 Å². The topological polar surface area (TPSA) is 155 Å². The summed E-state index contributed by atoms with van der Waals surface area (Å²) in [5, 5.41) is 31.7. The van der Waals surface area contributed by atoms with Gasteiger partial charge in [-0.2, -0.15) is 0 Å². The first kappa shape index (κ1) is 37.7. The van der Waals surface area contributed by atoms with Gasteiger partial charge in [0.25, 0.3) is 0 Å². The summed E-state index contributed by atoms with van der Waals surface area (Å²) in [6.45, 7) is 8.43. The molecule has 266 valence electrons. The fourth-order valence-electron chi connectivity index (χ4n) is 5.78. The summed E-state index contributed by atoms with van der Waals surface area (Å²) in [7, 11) is 5.14. The van der Waals surface area contributed by atoms with Crippen molar-refractivity contribution in [2.24, 2.45) is 0 Å². The number of nitrogens with one attached hydrogen (secondary N) is 3. The van der Waals surface area contributed by atoms with Gasteiger partial charge in [-0.05, 0) is 61.3 Å². The molecule has 1 aliphatic rings. The van der Waals surface area contributed by atoms with Gasteiger partial charge in [-0.3, -0.25) is 0 Å². The molecule has 2 amide bonds. The largest absolute Gasteiger partial charge is 0.497 e. The summed E-state index contributed by atoms with van der Waals surface area (Å²) in [6, 6.07) is 15.1. The van der Waals surface area contributed by atoms with E-state index in [1.807, 2.05) is 60.5 Å². The van der Waals surface area contributed by atoms with E-state index in [1.165, 1.54) is 11.9 Å². The molecule has 0 radical (unpaired) electrons. The van der Waals surface area contributed by atoms with Crippen LogP contribution in [0.1, 0.15) is 44.5 Å². The van der Waals surface area contributed by atoms with E-state index in [9.17, 15) is 15.0 Å². The van der Waals surface area contributed by atoms with Crippen molar-refractivity contribution in [1.29, 1.82) is 0 Å². The number of urea groups is 1. The molecule has 13 nitrogen and oxygen atoms in total. The minimum absolute atomic E-state index is 0. The molecule has 14 heteroatoms. The highest BCUT2D eigenvalue weighted by atomic mass is 35.5. The normalized spacial score (nSPS) is 19.0. The maximum absolute atomic E-state index is 12.4. The lowest BCUT2D eigenvalue weighted by Gasteiger charge is -2.23. The highest BCUT2D eigenvalue weighted by Gasteiger charge is 2.44. The number of ether oxygens (including phenoxy) is 3. The van der Waals surface area contributed by atoms with Crippen LogP contribution in [0.3, 0.4) is 0 Å². The van der Waals surface area contributed by atoms with Crippen LogP contribution in [-0.4, -0.2) is 94.9 Å². The number of carbonyl (C=O) groups is 1. The number of halogens is 1. The van der Waals surface area contributed by atoms with Crippen LogP contribution in [0, 0.1) is 0 Å². The predicted molar refractivity (Wildman–Crippen MR) is 192 cm³/mol. The van der Waals surface area contributed by atoms with Gasteiger partial charge >= 0.3 is 6.03 Å². The zero-order valence-corrected chi connectivity index (χ0v) is 29.7. The zero-order chi connectivity index (χ0) is 34.4. The number of rotatable bonds is 13. The molecule has 1 aliphatic heterocycles. The summed E-state index contributed by atoms with van der Waals surface area (Å²) < 4.78 is 18.7. The van der Waals surface area contributed by atoms with Crippen molar-refractivity contribution >= 4 is 41.0 Å². The maximum atomic E-state index is 12.4. The number of aliphatic hydroxyl groups is 2. The fourth-order valence-corrected chi connectivity index (χ4v) is 5.78. The molecule has 1 fully saturated rings. The molecule has 5 rings (SSSR count). The number of nitrogens with zero attached hydrogens (tertiary/aromatic N) is 4. The van der Waals surface area contributed by atoms with Crippen LogP contribution in [0.4, 0.5) is 16.3 Å². The smallest absolute Gasteiger partial charge is 0.319 e. The second-order valence-corrected chi connectivity index (χ2v) is 13.1. The van der Waals surface area contributed by atoms with E-state index in [1.54, 1.807) is 25.0 Å². The van der Waals surface area contributed by atoms with E-state index >= 15 is 0 Å². The van der Waals surface area contributed by atoms with E-state index in [-0.39, 0.29) is 23.9 Å². The van der Waals surface area contributed by atoms with Gasteiger partial charge in [0, 0.05) is 43.1 Å². The third kappa shape index (κ3) is 9.11. The van der Waals surface area contributed by atoms with Crippen LogP contribution in [0.25, 0.3) is 11.0 Å². The van der Waals surface area contributed by atoms with Gasteiger partial charge in [0.2, 0.25) is 0 Å². The number of carbonyl (C=O) groups excluding carboxylic acids is 1. The average Bonchev–Trinajstić information content (AvgIpc) is 3.62. The third-order valence-electron chi connectivity index (χ3n) is 8.56. The Morgan fingerprint density at radius 1 is 1.04 bits per heavy atom. The van der Waals surface area contributed by atoms with Crippen LogP contribution in [0.5, 0.6) is 11.5 Å². The number of hydrogen-bond donors (Lipinski definition) is 5. The summed E-state index contributed by atoms with van der Waals surface area (Å²) in [5.74, 6) is 2.01. The molecule has 0 aliphatic carbocycles. The molecular weight excluding hydrogens is 650 g/mol. The number of likely N-dealkylation sites (N-methyl/N-ethyl adjacent to an activating group) is 1. The number of fused-ring (bicyclic) bond motifs is 1. The SMILES string of the molecule is COc1ccc(CNc2ncnc3c2ccn3[C@@H]2O[C@H](CN(C)CCCNC(=O)Nc3ccc(C(C)(C)C)cc3)[C@H](O)[C@H]2O)c(OC)c1.Cl. The lowest BCUT2D eigenvalue weighted by molar-refractivity contribution is -0.0419. The molecule has 2 aromatic heterocycles. The first-order valence-electron chi connectivity index (χ1n) is 16.1. The minimum Gasteiger partial charge on any atom is -0.497 e. The van der Waals surface area contributed by atoms with Crippen molar-refractivity contribution in [2.75, 3.05) is 51.5 Å². The Morgan fingerprint density at radius 2 is 1.80 bits per heavy atom. The molecule has 3 heterocycles. The van der Waals surface area contributed by atoms with Gasteiger partial charge < -0.3 is 49.8 Å². The molecule has 49 heavy (non-hydrogen) atoms. The Balaban J connectivity index is 0.00000541. The molecule has 0 bridgehead atoms. The average molecular weight is 698 g/mol. The van der Waals surface area contributed by atoms with E-state index in [0.717, 1.165) is 16.6 Å². The van der Waals surface area contributed by atoms with Crippen LogP contribution in [0.15, 0.2) is 61.1 Å². The molecular formula is C35H48ClN7O6. The third-order valence-corrected chi connectivity index (χ3v) is 8.56. The van der Waals surface area contributed by atoms with Crippen LogP contribution >= 0.6 is 12.4 Å². The second kappa shape index (κ2) is 16.5. The number of amides is 2. The van der Waals surface area contributed by atoms with Crippen molar-refractivity contribution < 1.29 is 29.2 Å². The Kier molecular flexibility index (Phi) is 12.7. The molecule has 5 N–H and O–H groups in total. The lowest BCUT2D eigenvalue weighted by Crippen LogP contribution is -2.39. The van der Waals surface area contributed by atoms with Gasteiger partial charge in [-0.15, -0.1) is 12.4 Å². The van der Waals surface area contributed by atoms with Gasteiger partial charge in [-0.1, -0.05) is 32.9 Å². The predicted octanol–water partition coefficient (Wildman–Crippen LogP) is 4.54. The first-order valence-corrected chi connectivity index (χ1v) is 16.1. The van der Waals surface area contributed by atoms with Crippen molar-refractivity contribution in [3.63, 3.8) is 0 Å². The zero-order valence-electron chi connectivity index (χ0n) is 28.8. The van der Waals surface area contributed by atoms with Crippen LogP contribution in [0.2, 0.25) is 0 Å². The number of hydrogen-bond acceptors (Lipinski definition) is 10. The van der Waals surface area contributed by atoms with E-state index in [0.29, 0.717) is 55.6 Å². The number of anilines is 2. The quantitative estimate of drug-likeness (QED) is 0.126. The van der Waals surface area contributed by atoms with Crippen molar-refractivity contribution in [2.45, 2.75) is 63.7 Å². The van der Waals surface area contributed by atoms with Gasteiger partial charge in [0.05, 0.1) is 19.6 Å². The summed E-state index contributed by atoms with van der Waals surface area (Å²) in [4.78, 5) is 23.3. The fraction of sp³-hybridized carbons (Fsp3) is 0.457. The van der Waals surface area contributed by atoms with Crippen LogP contribution < -0.4 is 25.4 Å². The van der Waals surface area contributed by atoms with Gasteiger partial charge in [0.15, 0.2) is 6.23 Å². The highest BCUT2D eigenvalue weighted by Crippen LogP contribution is 2.34. The Bertz CT molecular complexity index is 1680. The molecule has 2 aromatic carbocycles. The van der Waals surface area contributed by atoms with E-state index < -0.39 is 24.5 Å². The van der Waals surface area contributed by atoms with Crippen molar-refractivity contribution in [3.05, 3.63) is 72.2 Å². The number of aromatic nitrogens is 3. The van der Waals surface area contributed by atoms with Crippen molar-refractivity contribution in [3.8, 4) is 11.5 Å². The highest BCUT2D eigenvalue weighted by molar-refractivity contribution is 5.89. The molecule has 0 spiro atoms. The first-order chi connectivity index (χ1) is 23.0. The van der Waals surface area contributed by atoms with Gasteiger partial charge in [0.1, 0.15) is 47.6 Å². The molecule has 4 aromatic rings. The minimum atomic E-state index is -1.16. The van der Waals surface area contributed by atoms with E-state index in [2.05, 4.69) is 46.7 Å². The Labute approximate surface area is 293 Å². The molecule has 0 saturated carbocycles. The van der Waals surface area contributed by atoms with E-state index in [4.69, 9.17) is 14.2 Å². The van der Waals surface area contributed by atoms with Gasteiger partial charge in [-0.25, -0.2) is 14.8 Å². The monoisotopic (exact) mass is 697 g/mol. The summed E-state index contributed by atoms with van der Waals surface area (Å²) in [5.41, 5.74) is 3.48. The molecule has 1 saturated heterocycles. The summed E-state index contributed by atoms with van der Waals surface area (Å²) in [6.07, 6.45) is 0.221. The maximum Gasteiger partial charge on any atom is 0.319 e. The Morgan fingerprint density at radius 3 is 2.49 bits per heavy atom.